The number of nitrogens with one attached hydrogen (secondary N) is 1. The third kappa shape index (κ3) is 4.30. The molecule has 110 valence electrons. The number of hydrogen-bond acceptors (Lipinski definition) is 2. The van der Waals surface area contributed by atoms with Crippen LogP contribution >= 0.6 is 27.5 Å². The molecule has 0 spiro atoms. The molecule has 0 radical (unpaired) electrons. The van der Waals surface area contributed by atoms with Gasteiger partial charge in [0.2, 0.25) is 5.91 Å². The molecule has 0 aromatic heterocycles. The van der Waals surface area contributed by atoms with Gasteiger partial charge in [0.05, 0.1) is 11.7 Å². The Hall–Kier alpha value is -1.36. The minimum atomic E-state index is -0.612. The zero-order chi connectivity index (χ0) is 15.4. The van der Waals surface area contributed by atoms with Crippen LogP contribution in [0.4, 0.5) is 5.69 Å². The number of benzene rings is 2. The van der Waals surface area contributed by atoms with Crippen LogP contribution in [0.25, 0.3) is 0 Å². The van der Waals surface area contributed by atoms with Crippen molar-refractivity contribution in [1.29, 1.82) is 0 Å². The minimum Gasteiger partial charge on any atom is -0.324 e. The van der Waals surface area contributed by atoms with Crippen LogP contribution < -0.4 is 11.1 Å². The van der Waals surface area contributed by atoms with Gasteiger partial charge in [0.15, 0.2) is 0 Å². The molecule has 1 amide bonds. The monoisotopic (exact) mass is 366 g/mol. The molecule has 2 aromatic rings. The lowest BCUT2D eigenvalue weighted by Gasteiger charge is -2.14. The van der Waals surface area contributed by atoms with Gasteiger partial charge in [-0.15, -0.1) is 0 Å². The van der Waals surface area contributed by atoms with Crippen molar-refractivity contribution in [3.63, 3.8) is 0 Å². The molecule has 0 fully saturated rings. The van der Waals surface area contributed by atoms with Crippen LogP contribution in [-0.4, -0.2) is 11.9 Å². The molecule has 1 atom stereocenters. The van der Waals surface area contributed by atoms with E-state index in [0.717, 1.165) is 15.6 Å². The molecule has 2 rings (SSSR count). The summed E-state index contributed by atoms with van der Waals surface area (Å²) in [5.41, 5.74) is 8.55. The predicted molar refractivity (Wildman–Crippen MR) is 90.6 cm³/mol. The first-order valence-electron chi connectivity index (χ1n) is 6.53. The van der Waals surface area contributed by atoms with Crippen LogP contribution in [0, 0.1) is 6.92 Å². The normalized spacial score (nSPS) is 12.0. The van der Waals surface area contributed by atoms with Gasteiger partial charge in [-0.3, -0.25) is 4.79 Å². The quantitative estimate of drug-likeness (QED) is 0.860. The lowest BCUT2D eigenvalue weighted by Crippen LogP contribution is -2.37. The molecule has 0 unspecified atom stereocenters. The Balaban J connectivity index is 2.06. The van der Waals surface area contributed by atoms with E-state index < -0.39 is 6.04 Å². The first-order chi connectivity index (χ1) is 9.97. The molecule has 0 saturated heterocycles. The molecular weight excluding hydrogens is 352 g/mol. The highest BCUT2D eigenvalue weighted by molar-refractivity contribution is 9.10. The summed E-state index contributed by atoms with van der Waals surface area (Å²) in [6, 6.07) is 12.7. The molecule has 0 aliphatic heterocycles. The number of hydrogen-bond donors (Lipinski definition) is 2. The van der Waals surface area contributed by atoms with E-state index in [1.165, 1.54) is 0 Å². The van der Waals surface area contributed by atoms with E-state index >= 15 is 0 Å². The highest BCUT2D eigenvalue weighted by atomic mass is 79.9. The minimum absolute atomic E-state index is 0.237. The molecule has 2 aromatic carbocycles. The van der Waals surface area contributed by atoms with Crippen LogP contribution in [-0.2, 0) is 11.2 Å². The summed E-state index contributed by atoms with van der Waals surface area (Å²) in [6.45, 7) is 1.90. The summed E-state index contributed by atoms with van der Waals surface area (Å²) in [6.07, 6.45) is 0.490. The SMILES string of the molecule is Cc1cc(Br)c(NC(=O)[C@@H](N)Cc2ccccc2)cc1Cl. The fraction of sp³-hybridized carbons (Fsp3) is 0.188. The standard InChI is InChI=1S/C16H16BrClN2O/c1-10-7-12(17)15(9-13(10)18)20-16(21)14(19)8-11-5-3-2-4-6-11/h2-7,9,14H,8,19H2,1H3,(H,20,21)/t14-/m0/s1. The van der Waals surface area contributed by atoms with Gasteiger partial charge in [0, 0.05) is 9.50 Å². The zero-order valence-electron chi connectivity index (χ0n) is 11.6. The first kappa shape index (κ1) is 16.0. The fourth-order valence-corrected chi connectivity index (χ4v) is 2.65. The third-order valence-corrected chi connectivity index (χ3v) is 4.20. The van der Waals surface area contributed by atoms with Gasteiger partial charge in [0.25, 0.3) is 0 Å². The maximum absolute atomic E-state index is 12.2. The number of carbonyl (C=O) groups is 1. The molecule has 0 heterocycles. The van der Waals surface area contributed by atoms with Crippen LogP contribution in [0.15, 0.2) is 46.9 Å². The molecule has 0 bridgehead atoms. The van der Waals surface area contributed by atoms with Crippen molar-refractivity contribution in [1.82, 2.24) is 0 Å². The Morgan fingerprint density at radius 1 is 1.33 bits per heavy atom. The van der Waals surface area contributed by atoms with E-state index in [-0.39, 0.29) is 5.91 Å². The number of amides is 1. The molecule has 0 aliphatic rings. The van der Waals surface area contributed by atoms with Gasteiger partial charge >= 0.3 is 0 Å². The number of anilines is 1. The lowest BCUT2D eigenvalue weighted by atomic mass is 10.1. The molecular formula is C16H16BrClN2O. The Morgan fingerprint density at radius 2 is 2.00 bits per heavy atom. The summed E-state index contributed by atoms with van der Waals surface area (Å²) in [7, 11) is 0. The molecule has 21 heavy (non-hydrogen) atoms. The van der Waals surface area contributed by atoms with Crippen LogP contribution in [0.1, 0.15) is 11.1 Å². The summed E-state index contributed by atoms with van der Waals surface area (Å²) >= 11 is 9.49. The second-order valence-electron chi connectivity index (χ2n) is 4.87. The highest BCUT2D eigenvalue weighted by Gasteiger charge is 2.16. The van der Waals surface area contributed by atoms with E-state index in [0.29, 0.717) is 17.1 Å². The van der Waals surface area contributed by atoms with Gasteiger partial charge in [-0.05, 0) is 52.5 Å². The van der Waals surface area contributed by atoms with Crippen molar-refractivity contribution < 1.29 is 4.79 Å². The van der Waals surface area contributed by atoms with Crippen LogP contribution in [0.5, 0.6) is 0 Å². The van der Waals surface area contributed by atoms with Crippen molar-refractivity contribution in [3.05, 3.63) is 63.1 Å². The van der Waals surface area contributed by atoms with E-state index in [1.807, 2.05) is 43.3 Å². The van der Waals surface area contributed by atoms with Gasteiger partial charge < -0.3 is 11.1 Å². The lowest BCUT2D eigenvalue weighted by molar-refractivity contribution is -0.117. The zero-order valence-corrected chi connectivity index (χ0v) is 13.9. The van der Waals surface area contributed by atoms with E-state index in [9.17, 15) is 4.79 Å². The van der Waals surface area contributed by atoms with Gasteiger partial charge in [0.1, 0.15) is 0 Å². The Kier molecular flexibility index (Phi) is 5.39. The van der Waals surface area contributed by atoms with Crippen molar-refractivity contribution in [3.8, 4) is 0 Å². The summed E-state index contributed by atoms with van der Waals surface area (Å²) in [4.78, 5) is 12.2. The van der Waals surface area contributed by atoms with Crippen molar-refractivity contribution in [2.75, 3.05) is 5.32 Å². The average molecular weight is 368 g/mol. The second-order valence-corrected chi connectivity index (χ2v) is 6.13. The highest BCUT2D eigenvalue weighted by Crippen LogP contribution is 2.29. The second kappa shape index (κ2) is 7.07. The average Bonchev–Trinajstić information content (AvgIpc) is 2.45. The fourth-order valence-electron chi connectivity index (χ4n) is 1.93. The van der Waals surface area contributed by atoms with Gasteiger partial charge in [-0.1, -0.05) is 41.9 Å². The molecule has 3 N–H and O–H groups in total. The number of rotatable bonds is 4. The van der Waals surface area contributed by atoms with Crippen molar-refractivity contribution >= 4 is 39.1 Å². The summed E-state index contributed by atoms with van der Waals surface area (Å²) < 4.78 is 0.782. The Labute approximate surface area is 137 Å². The predicted octanol–water partition coefficient (Wildman–Crippen LogP) is 3.92. The number of nitrogens with two attached hydrogens (primary N) is 1. The number of halogens is 2. The molecule has 3 nitrogen and oxygen atoms in total. The Morgan fingerprint density at radius 3 is 2.67 bits per heavy atom. The van der Waals surface area contributed by atoms with E-state index in [2.05, 4.69) is 21.2 Å². The Bertz CT molecular complexity index is 646. The maximum Gasteiger partial charge on any atom is 0.241 e. The number of aryl methyl sites for hydroxylation is 1. The van der Waals surface area contributed by atoms with Crippen molar-refractivity contribution in [2.45, 2.75) is 19.4 Å². The maximum atomic E-state index is 12.2. The molecule has 5 heteroatoms. The van der Waals surface area contributed by atoms with Gasteiger partial charge in [-0.2, -0.15) is 0 Å². The van der Waals surface area contributed by atoms with E-state index in [4.69, 9.17) is 17.3 Å². The molecule has 0 aliphatic carbocycles. The smallest absolute Gasteiger partial charge is 0.241 e. The van der Waals surface area contributed by atoms with Crippen LogP contribution in [0.2, 0.25) is 5.02 Å². The van der Waals surface area contributed by atoms with Gasteiger partial charge in [-0.25, -0.2) is 0 Å². The van der Waals surface area contributed by atoms with Crippen molar-refractivity contribution in [2.24, 2.45) is 5.73 Å². The largest absolute Gasteiger partial charge is 0.324 e. The first-order valence-corrected chi connectivity index (χ1v) is 7.70. The van der Waals surface area contributed by atoms with Crippen LogP contribution in [0.3, 0.4) is 0 Å². The summed E-state index contributed by atoms with van der Waals surface area (Å²) in [5, 5.41) is 3.40. The topological polar surface area (TPSA) is 55.1 Å². The van der Waals surface area contributed by atoms with E-state index in [1.54, 1.807) is 6.07 Å². The third-order valence-electron chi connectivity index (χ3n) is 3.14. The molecule has 0 saturated carbocycles. The summed E-state index contributed by atoms with van der Waals surface area (Å²) in [5.74, 6) is -0.237. The number of carbonyl (C=O) groups excluding carboxylic acids is 1.